The first-order chi connectivity index (χ1) is 3.62. The van der Waals surface area contributed by atoms with Crippen molar-refractivity contribution in [3.63, 3.8) is 0 Å². The molecule has 0 saturated carbocycles. The van der Waals surface area contributed by atoms with Gasteiger partial charge in [0.25, 0.3) is 6.26 Å². The summed E-state index contributed by atoms with van der Waals surface area (Å²) in [7, 11) is -1.81. The second-order valence-corrected chi connectivity index (χ2v) is 3.23. The minimum absolute atomic E-state index is 1.22. The van der Waals surface area contributed by atoms with E-state index >= 15 is 0 Å². The first-order valence-corrected chi connectivity index (χ1v) is 3.82. The Morgan fingerprint density at radius 2 is 2.25 bits per heavy atom. The van der Waals surface area contributed by atoms with Gasteiger partial charge in [0.05, 0.1) is 6.66 Å². The zero-order valence-corrected chi connectivity index (χ0v) is 5.51. The van der Waals surface area contributed by atoms with Gasteiger partial charge < -0.3 is 9.05 Å². The maximum atomic E-state index is 10.5. The molecule has 5 heteroatoms. The molecule has 1 atom stereocenters. The van der Waals surface area contributed by atoms with Crippen LogP contribution in [0.25, 0.3) is 0 Å². The highest BCUT2D eigenvalue weighted by atomic mass is 31.2. The van der Waals surface area contributed by atoms with Gasteiger partial charge in [0.2, 0.25) is 0 Å². The number of nitriles is 1. The Hall–Kier alpha value is -0.520. The fourth-order valence-corrected chi connectivity index (χ4v) is 0.334. The summed E-state index contributed by atoms with van der Waals surface area (Å²) in [4.78, 5) is 0. The lowest BCUT2D eigenvalue weighted by Gasteiger charge is -2.02. The third-order valence-corrected chi connectivity index (χ3v) is 1.61. The van der Waals surface area contributed by atoms with Crippen molar-refractivity contribution < 1.29 is 13.6 Å². The Bertz CT molecular complexity index is 149. The number of hydrogen-bond donors (Lipinski definition) is 0. The molecular weight excluding hydrogens is 129 g/mol. The van der Waals surface area contributed by atoms with Gasteiger partial charge in [0.1, 0.15) is 0 Å². The third-order valence-electron chi connectivity index (χ3n) is 0.538. The highest BCUT2D eigenvalue weighted by Crippen LogP contribution is 2.41. The summed E-state index contributed by atoms with van der Waals surface area (Å²) in [6.45, 7) is 1.22. The molecule has 8 heavy (non-hydrogen) atoms. The highest BCUT2D eigenvalue weighted by Gasteiger charge is 2.13. The van der Waals surface area contributed by atoms with E-state index < -0.39 is 7.60 Å². The largest absolute Gasteiger partial charge is 0.385 e. The van der Waals surface area contributed by atoms with Crippen LogP contribution in [0.5, 0.6) is 0 Å². The third kappa shape index (κ3) is 2.62. The van der Waals surface area contributed by atoms with Crippen LogP contribution in [-0.2, 0) is 13.6 Å². The standard InChI is InChI=1S/C3H6NO3P/c1-6-8(2,5)7-3-4/h1-2H3. The van der Waals surface area contributed by atoms with E-state index in [0.29, 0.717) is 0 Å². The highest BCUT2D eigenvalue weighted by molar-refractivity contribution is 7.53. The minimum atomic E-state index is -3.03. The summed E-state index contributed by atoms with van der Waals surface area (Å²) >= 11 is 0. The normalized spacial score (nSPS) is 16.1. The van der Waals surface area contributed by atoms with Crippen molar-refractivity contribution in [3.05, 3.63) is 0 Å². The Kier molecular flexibility index (Phi) is 2.53. The second kappa shape index (κ2) is 2.71. The summed E-state index contributed by atoms with van der Waals surface area (Å²) in [5.41, 5.74) is 0. The van der Waals surface area contributed by atoms with Crippen LogP contribution < -0.4 is 0 Å². The smallest absolute Gasteiger partial charge is 0.349 e. The number of rotatable bonds is 2. The molecule has 0 heterocycles. The first-order valence-electron chi connectivity index (χ1n) is 1.83. The van der Waals surface area contributed by atoms with Gasteiger partial charge in [-0.2, -0.15) is 0 Å². The van der Waals surface area contributed by atoms with Crippen molar-refractivity contribution in [2.45, 2.75) is 0 Å². The lowest BCUT2D eigenvalue weighted by Crippen LogP contribution is -1.82. The van der Waals surface area contributed by atoms with Crippen molar-refractivity contribution in [2.75, 3.05) is 13.8 Å². The molecule has 0 aliphatic rings. The van der Waals surface area contributed by atoms with E-state index in [0.717, 1.165) is 0 Å². The van der Waals surface area contributed by atoms with E-state index in [1.165, 1.54) is 20.0 Å². The van der Waals surface area contributed by atoms with Gasteiger partial charge in [-0.25, -0.2) is 4.57 Å². The van der Waals surface area contributed by atoms with Crippen LogP contribution in [-0.4, -0.2) is 13.8 Å². The molecule has 0 aromatic heterocycles. The van der Waals surface area contributed by atoms with Gasteiger partial charge in [-0.3, -0.25) is 0 Å². The second-order valence-electron chi connectivity index (χ2n) is 1.14. The lowest BCUT2D eigenvalue weighted by atomic mass is 11.6. The maximum absolute atomic E-state index is 10.5. The van der Waals surface area contributed by atoms with Crippen LogP contribution in [0.2, 0.25) is 0 Å². The molecule has 0 aliphatic heterocycles. The number of nitrogens with zero attached hydrogens (tertiary/aromatic N) is 1. The topological polar surface area (TPSA) is 59.3 Å². The van der Waals surface area contributed by atoms with Crippen molar-refractivity contribution in [3.8, 4) is 6.26 Å². The molecule has 0 aliphatic carbocycles. The monoisotopic (exact) mass is 135 g/mol. The molecule has 4 nitrogen and oxygen atoms in total. The molecule has 0 rings (SSSR count). The summed E-state index contributed by atoms with van der Waals surface area (Å²) < 4.78 is 18.8. The van der Waals surface area contributed by atoms with E-state index in [-0.39, 0.29) is 0 Å². The van der Waals surface area contributed by atoms with E-state index in [1.54, 1.807) is 0 Å². The molecule has 0 fully saturated rings. The van der Waals surface area contributed by atoms with Crippen LogP contribution in [0.4, 0.5) is 0 Å². The van der Waals surface area contributed by atoms with Crippen LogP contribution in [0.15, 0.2) is 0 Å². The summed E-state index contributed by atoms with van der Waals surface area (Å²) in [5, 5.41) is 7.81. The molecule has 0 spiro atoms. The molecule has 46 valence electrons. The zero-order valence-electron chi connectivity index (χ0n) is 4.62. The molecule has 0 saturated heterocycles. The van der Waals surface area contributed by atoms with E-state index in [2.05, 4.69) is 9.05 Å². The summed E-state index contributed by atoms with van der Waals surface area (Å²) in [6.07, 6.45) is 1.27. The van der Waals surface area contributed by atoms with Crippen molar-refractivity contribution in [1.82, 2.24) is 0 Å². The Balaban J connectivity index is 3.78. The van der Waals surface area contributed by atoms with E-state index in [9.17, 15) is 4.57 Å². The van der Waals surface area contributed by atoms with Crippen molar-refractivity contribution in [2.24, 2.45) is 0 Å². The first kappa shape index (κ1) is 7.48. The Morgan fingerprint density at radius 3 is 2.38 bits per heavy atom. The lowest BCUT2D eigenvalue weighted by molar-refractivity contribution is 0.313. The Morgan fingerprint density at radius 1 is 1.75 bits per heavy atom. The van der Waals surface area contributed by atoms with Gasteiger partial charge in [-0.1, -0.05) is 0 Å². The van der Waals surface area contributed by atoms with Crippen molar-refractivity contribution in [1.29, 1.82) is 5.26 Å². The van der Waals surface area contributed by atoms with E-state index in [1.807, 2.05) is 0 Å². The maximum Gasteiger partial charge on any atom is 0.385 e. The Labute approximate surface area is 47.6 Å². The van der Waals surface area contributed by atoms with Gasteiger partial charge >= 0.3 is 7.60 Å². The van der Waals surface area contributed by atoms with Crippen LogP contribution >= 0.6 is 7.60 Å². The fourth-order valence-electron chi connectivity index (χ4n) is 0.111. The summed E-state index contributed by atoms with van der Waals surface area (Å²) in [6, 6.07) is 0. The van der Waals surface area contributed by atoms with Gasteiger partial charge in [0.15, 0.2) is 0 Å². The van der Waals surface area contributed by atoms with Crippen LogP contribution in [0.1, 0.15) is 0 Å². The van der Waals surface area contributed by atoms with Crippen molar-refractivity contribution >= 4 is 7.60 Å². The molecular formula is C3H6NO3P. The molecule has 0 aromatic carbocycles. The number of hydrogen-bond acceptors (Lipinski definition) is 4. The minimum Gasteiger partial charge on any atom is -0.349 e. The molecule has 0 N–H and O–H groups in total. The van der Waals surface area contributed by atoms with Gasteiger partial charge in [0, 0.05) is 7.11 Å². The SMILES string of the molecule is COP(C)(=O)OC#N. The van der Waals surface area contributed by atoms with Gasteiger partial charge in [-0.05, 0) is 0 Å². The predicted octanol–water partition coefficient (Wildman–Crippen LogP) is 0.953. The molecule has 0 radical (unpaired) electrons. The zero-order chi connectivity index (χ0) is 6.62. The van der Waals surface area contributed by atoms with Crippen LogP contribution in [0, 0.1) is 11.5 Å². The summed E-state index contributed by atoms with van der Waals surface area (Å²) in [5.74, 6) is 0. The predicted molar refractivity (Wildman–Crippen MR) is 27.2 cm³/mol. The molecule has 0 amide bonds. The fraction of sp³-hybridized carbons (Fsp3) is 0.667. The molecule has 0 bridgehead atoms. The molecule has 0 aromatic rings. The average molecular weight is 135 g/mol. The van der Waals surface area contributed by atoms with E-state index in [4.69, 9.17) is 5.26 Å². The average Bonchev–Trinajstić information content (AvgIpc) is 1.67. The van der Waals surface area contributed by atoms with Crippen LogP contribution in [0.3, 0.4) is 0 Å². The van der Waals surface area contributed by atoms with Gasteiger partial charge in [-0.15, -0.1) is 5.26 Å². The molecule has 1 unspecified atom stereocenters. The quantitative estimate of drug-likeness (QED) is 0.417.